The maximum absolute atomic E-state index is 6.85. The molecule has 4 aromatic carbocycles. The Bertz CT molecular complexity index is 2580. The molecule has 5 heteroatoms. The van der Waals surface area contributed by atoms with Crippen LogP contribution < -0.4 is 0 Å². The fourth-order valence-electron chi connectivity index (χ4n) is 8.64. The summed E-state index contributed by atoms with van der Waals surface area (Å²) < 4.78 is 9.20. The summed E-state index contributed by atoms with van der Waals surface area (Å²) in [4.78, 5) is 15.7. The Morgan fingerprint density at radius 1 is 0.698 bits per heavy atom. The molecule has 1 aliphatic carbocycles. The molecule has 0 N–H and O–H groups in total. The van der Waals surface area contributed by atoms with E-state index in [1.165, 1.54) is 31.2 Å². The number of para-hydroxylation sites is 1. The molecule has 0 amide bonds. The van der Waals surface area contributed by atoms with Crippen LogP contribution >= 0.6 is 0 Å². The Morgan fingerprint density at radius 3 is 2.00 bits per heavy atom. The first kappa shape index (κ1) is 33.3. The van der Waals surface area contributed by atoms with Crippen LogP contribution in [0.25, 0.3) is 72.4 Å². The molecule has 0 radical (unpaired) electrons. The van der Waals surface area contributed by atoms with Crippen molar-refractivity contribution in [1.82, 2.24) is 19.5 Å². The van der Waals surface area contributed by atoms with Gasteiger partial charge in [-0.05, 0) is 91.1 Å². The van der Waals surface area contributed by atoms with Crippen LogP contribution in [0.15, 0.2) is 114 Å². The van der Waals surface area contributed by atoms with E-state index in [0.717, 1.165) is 83.8 Å². The Hall–Kier alpha value is -5.55. The van der Waals surface area contributed by atoms with Crippen LogP contribution in [0.1, 0.15) is 81.9 Å². The second-order valence-corrected chi connectivity index (χ2v) is 16.1. The lowest BCUT2D eigenvalue weighted by molar-refractivity contribution is 0.452. The van der Waals surface area contributed by atoms with Gasteiger partial charge in [-0.15, -0.1) is 0 Å². The van der Waals surface area contributed by atoms with E-state index in [4.69, 9.17) is 19.4 Å². The van der Waals surface area contributed by atoms with Crippen molar-refractivity contribution in [3.05, 3.63) is 132 Å². The number of hydrogen-bond donors (Lipinski definition) is 0. The molecule has 0 saturated heterocycles. The first-order valence-electron chi connectivity index (χ1n) is 19.1. The van der Waals surface area contributed by atoms with Crippen LogP contribution in [0.3, 0.4) is 0 Å². The first-order valence-corrected chi connectivity index (χ1v) is 19.1. The van der Waals surface area contributed by atoms with Crippen molar-refractivity contribution in [3.8, 4) is 39.3 Å². The van der Waals surface area contributed by atoms with Gasteiger partial charge in [0.25, 0.3) is 0 Å². The number of nitrogens with zero attached hydrogens (tertiary/aromatic N) is 4. The second-order valence-electron chi connectivity index (χ2n) is 16.1. The third kappa shape index (κ3) is 5.74. The number of furan rings is 1. The number of rotatable bonds is 6. The number of hydrogen-bond acceptors (Lipinski definition) is 4. The smallest absolute Gasteiger partial charge is 0.227 e. The van der Waals surface area contributed by atoms with Crippen molar-refractivity contribution in [3.63, 3.8) is 0 Å². The molecule has 264 valence electrons. The fraction of sp³-hybridized carbons (Fsp3) is 0.271. The number of aromatic nitrogens is 4. The van der Waals surface area contributed by atoms with Crippen molar-refractivity contribution in [1.29, 1.82) is 0 Å². The SMILES string of the molecule is Cc1cc2nc(-c3cccc4c3oc3nc(C(C)C5CCCC5)ccc34)n(-c3c(-c4ccccc4)cc(C(C)(C)C)cc3-c3ccccc3)c2c(C)n1. The van der Waals surface area contributed by atoms with E-state index in [2.05, 4.69) is 148 Å². The molecule has 5 nitrogen and oxygen atoms in total. The van der Waals surface area contributed by atoms with Gasteiger partial charge in [-0.25, -0.2) is 9.97 Å². The van der Waals surface area contributed by atoms with Gasteiger partial charge in [0.2, 0.25) is 5.71 Å². The van der Waals surface area contributed by atoms with E-state index in [0.29, 0.717) is 17.5 Å². The average Bonchev–Trinajstić information content (AvgIpc) is 3.92. The average molecular weight is 695 g/mol. The predicted octanol–water partition coefficient (Wildman–Crippen LogP) is 12.9. The van der Waals surface area contributed by atoms with Crippen LogP contribution in [0.2, 0.25) is 0 Å². The van der Waals surface area contributed by atoms with E-state index in [-0.39, 0.29) is 5.41 Å². The molecule has 1 aliphatic rings. The van der Waals surface area contributed by atoms with Gasteiger partial charge >= 0.3 is 0 Å². The minimum absolute atomic E-state index is 0.0823. The Kier molecular flexibility index (Phi) is 8.07. The van der Waals surface area contributed by atoms with Gasteiger partial charge in [-0.1, -0.05) is 113 Å². The lowest BCUT2D eigenvalue weighted by Crippen LogP contribution is -2.13. The zero-order valence-electron chi connectivity index (χ0n) is 31.6. The highest BCUT2D eigenvalue weighted by atomic mass is 16.3. The third-order valence-electron chi connectivity index (χ3n) is 11.5. The Balaban J connectivity index is 1.38. The molecule has 9 rings (SSSR count). The molecule has 1 unspecified atom stereocenters. The molecule has 53 heavy (non-hydrogen) atoms. The van der Waals surface area contributed by atoms with Crippen LogP contribution in [-0.4, -0.2) is 19.5 Å². The van der Waals surface area contributed by atoms with Crippen LogP contribution in [0.5, 0.6) is 0 Å². The van der Waals surface area contributed by atoms with Crippen LogP contribution in [-0.2, 0) is 5.41 Å². The van der Waals surface area contributed by atoms with Crippen LogP contribution in [0.4, 0.5) is 0 Å². The summed E-state index contributed by atoms with van der Waals surface area (Å²) in [5, 5.41) is 2.08. The first-order chi connectivity index (χ1) is 25.7. The molecule has 0 bridgehead atoms. The minimum Gasteiger partial charge on any atom is -0.437 e. The van der Waals surface area contributed by atoms with Gasteiger partial charge in [0, 0.05) is 39.2 Å². The topological polar surface area (TPSA) is 56.7 Å². The van der Waals surface area contributed by atoms with Crippen molar-refractivity contribution in [2.24, 2.45) is 5.92 Å². The van der Waals surface area contributed by atoms with Crippen molar-refractivity contribution in [2.45, 2.75) is 78.6 Å². The largest absolute Gasteiger partial charge is 0.437 e. The molecule has 1 saturated carbocycles. The van der Waals surface area contributed by atoms with E-state index >= 15 is 0 Å². The maximum atomic E-state index is 6.85. The monoisotopic (exact) mass is 694 g/mol. The van der Waals surface area contributed by atoms with E-state index in [9.17, 15) is 0 Å². The zero-order chi connectivity index (χ0) is 36.4. The molecular weight excluding hydrogens is 649 g/mol. The van der Waals surface area contributed by atoms with Crippen molar-refractivity contribution < 1.29 is 4.42 Å². The summed E-state index contributed by atoms with van der Waals surface area (Å²) >= 11 is 0. The summed E-state index contributed by atoms with van der Waals surface area (Å²) in [6.45, 7) is 13.3. The van der Waals surface area contributed by atoms with Crippen molar-refractivity contribution >= 4 is 33.1 Å². The number of pyridine rings is 2. The lowest BCUT2D eigenvalue weighted by Gasteiger charge is -2.26. The summed E-state index contributed by atoms with van der Waals surface area (Å²) in [7, 11) is 0. The maximum Gasteiger partial charge on any atom is 0.227 e. The molecular formula is C48H46N4O. The number of aryl methyl sites for hydroxylation is 2. The summed E-state index contributed by atoms with van der Waals surface area (Å²) in [6.07, 6.45) is 5.19. The number of imidazole rings is 1. The summed E-state index contributed by atoms with van der Waals surface area (Å²) in [5.74, 6) is 1.90. The molecule has 4 heterocycles. The number of fused-ring (bicyclic) bond motifs is 4. The molecule has 0 aliphatic heterocycles. The Labute approximate surface area is 311 Å². The fourth-order valence-corrected chi connectivity index (χ4v) is 8.64. The van der Waals surface area contributed by atoms with Gasteiger partial charge in [0.1, 0.15) is 11.4 Å². The molecule has 4 aromatic heterocycles. The van der Waals surface area contributed by atoms with Gasteiger partial charge in [-0.2, -0.15) is 0 Å². The molecule has 0 spiro atoms. The zero-order valence-corrected chi connectivity index (χ0v) is 31.6. The highest BCUT2D eigenvalue weighted by molar-refractivity contribution is 6.09. The molecule has 8 aromatic rings. The second kappa shape index (κ2) is 12.8. The highest BCUT2D eigenvalue weighted by Crippen LogP contribution is 2.45. The Morgan fingerprint density at radius 2 is 1.36 bits per heavy atom. The highest BCUT2D eigenvalue weighted by Gasteiger charge is 2.29. The van der Waals surface area contributed by atoms with Gasteiger partial charge in [0.05, 0.1) is 28.0 Å². The van der Waals surface area contributed by atoms with Gasteiger partial charge in [-0.3, -0.25) is 9.55 Å². The van der Waals surface area contributed by atoms with E-state index < -0.39 is 0 Å². The van der Waals surface area contributed by atoms with E-state index in [1.807, 2.05) is 6.92 Å². The summed E-state index contributed by atoms with van der Waals surface area (Å²) in [6, 6.07) is 39.2. The normalized spacial score (nSPS) is 14.5. The lowest BCUT2D eigenvalue weighted by atomic mass is 9.82. The van der Waals surface area contributed by atoms with Gasteiger partial charge in [0.15, 0.2) is 0 Å². The minimum atomic E-state index is -0.0823. The van der Waals surface area contributed by atoms with Gasteiger partial charge < -0.3 is 4.42 Å². The molecule has 1 fully saturated rings. The van der Waals surface area contributed by atoms with Crippen LogP contribution in [0, 0.1) is 19.8 Å². The van der Waals surface area contributed by atoms with E-state index in [1.54, 1.807) is 0 Å². The number of benzene rings is 4. The summed E-state index contributed by atoms with van der Waals surface area (Å²) in [5.41, 5.74) is 14.1. The molecule has 1 atom stereocenters. The standard InChI is InChI=1S/C48H46N4O/c1-29-26-42-43(31(3)49-29)52(44-39(33-18-9-7-10-19-33)27-35(48(4,5)6)28-40(44)34-20-11-8-12-21-34)46(50-42)38-23-15-22-36-37-24-25-41(51-47(37)53-45(36)38)30(2)32-16-13-14-17-32/h7-12,15,18-28,30,32H,13-14,16-17H2,1-6H3. The third-order valence-corrected chi connectivity index (χ3v) is 11.5. The quantitative estimate of drug-likeness (QED) is 0.174. The predicted molar refractivity (Wildman–Crippen MR) is 219 cm³/mol. The van der Waals surface area contributed by atoms with Crippen molar-refractivity contribution in [2.75, 3.05) is 0 Å².